The lowest BCUT2D eigenvalue weighted by Gasteiger charge is -2.02. The third kappa shape index (κ3) is 10.4. The summed E-state index contributed by atoms with van der Waals surface area (Å²) in [6.07, 6.45) is 10.7. The van der Waals surface area contributed by atoms with Crippen molar-refractivity contribution < 1.29 is 12.6 Å². The van der Waals surface area contributed by atoms with Crippen LogP contribution in [0.25, 0.3) is 0 Å². The van der Waals surface area contributed by atoms with Gasteiger partial charge in [0, 0.05) is 0 Å². The van der Waals surface area contributed by atoms with Gasteiger partial charge in [0.1, 0.15) is 0 Å². The van der Waals surface area contributed by atoms with Crippen molar-refractivity contribution in [2.45, 2.75) is 64.7 Å². The van der Waals surface area contributed by atoms with Crippen molar-refractivity contribution >= 4 is 10.1 Å². The van der Waals surface area contributed by atoms with E-state index < -0.39 is 10.1 Å². The Bertz CT molecular complexity index is 235. The smallest absolute Gasteiger partial charge is 0.267 e. The highest BCUT2D eigenvalue weighted by Crippen LogP contribution is 2.10. The predicted octanol–water partition coefficient (Wildman–Crippen LogP) is 3.49. The minimum absolute atomic E-state index is 0.166. The molecule has 0 bridgehead atoms. The van der Waals surface area contributed by atoms with E-state index in [0.29, 0.717) is 0 Å². The molecule has 16 heavy (non-hydrogen) atoms. The van der Waals surface area contributed by atoms with E-state index in [1.165, 1.54) is 45.6 Å². The molecule has 0 amide bonds. The summed E-state index contributed by atoms with van der Waals surface area (Å²) in [6, 6.07) is 0. The van der Waals surface area contributed by atoms with Gasteiger partial charge in [-0.15, -0.1) is 0 Å². The van der Waals surface area contributed by atoms with Crippen molar-refractivity contribution in [2.24, 2.45) is 0 Å². The van der Waals surface area contributed by atoms with Crippen LogP contribution in [-0.4, -0.2) is 21.3 Å². The third-order valence-corrected chi connectivity index (χ3v) is 4.05. The summed E-state index contributed by atoms with van der Waals surface area (Å²) >= 11 is 0. The van der Waals surface area contributed by atoms with Crippen molar-refractivity contribution in [1.29, 1.82) is 0 Å². The molecule has 0 aromatic carbocycles. The molecule has 0 radical (unpaired) electrons. The van der Waals surface area contributed by atoms with Gasteiger partial charge in [-0.25, -0.2) is 0 Å². The monoisotopic (exact) mass is 250 g/mol. The maximum absolute atomic E-state index is 11.0. The molecule has 0 fully saturated rings. The van der Waals surface area contributed by atoms with Crippen molar-refractivity contribution in [1.82, 2.24) is 0 Å². The van der Waals surface area contributed by atoms with Crippen LogP contribution in [-0.2, 0) is 14.3 Å². The molecule has 0 N–H and O–H groups in total. The van der Waals surface area contributed by atoms with E-state index in [9.17, 15) is 8.42 Å². The summed E-state index contributed by atoms with van der Waals surface area (Å²) in [5.74, 6) is 0.166. The van der Waals surface area contributed by atoms with Crippen LogP contribution in [0.3, 0.4) is 0 Å². The number of hydrogen-bond donors (Lipinski definition) is 0. The maximum Gasteiger partial charge on any atom is 0.267 e. The Hall–Kier alpha value is -0.0900. The van der Waals surface area contributed by atoms with Crippen LogP contribution >= 0.6 is 0 Å². The summed E-state index contributed by atoms with van der Waals surface area (Å²) in [6.45, 7) is 2.22. The average molecular weight is 250 g/mol. The van der Waals surface area contributed by atoms with Gasteiger partial charge in [-0.3, -0.25) is 4.18 Å². The maximum atomic E-state index is 11.0. The second kappa shape index (κ2) is 10.1. The van der Waals surface area contributed by atoms with Gasteiger partial charge in [-0.2, -0.15) is 8.42 Å². The summed E-state index contributed by atoms with van der Waals surface area (Å²) in [5, 5.41) is 0. The van der Waals surface area contributed by atoms with Crippen molar-refractivity contribution in [3.05, 3.63) is 0 Å². The fourth-order valence-corrected chi connectivity index (χ4v) is 2.40. The lowest BCUT2D eigenvalue weighted by molar-refractivity contribution is 0.396. The van der Waals surface area contributed by atoms with E-state index in [-0.39, 0.29) is 5.75 Å². The molecule has 4 heteroatoms. The van der Waals surface area contributed by atoms with Crippen LogP contribution in [0.5, 0.6) is 0 Å². The molecule has 0 aliphatic rings. The van der Waals surface area contributed by atoms with Crippen LogP contribution in [0, 0.1) is 0 Å². The quantitative estimate of drug-likeness (QED) is 0.416. The molecule has 0 unspecified atom stereocenters. The van der Waals surface area contributed by atoms with E-state index in [1.807, 2.05) is 0 Å². The Morgan fingerprint density at radius 1 is 0.812 bits per heavy atom. The highest BCUT2D eigenvalue weighted by molar-refractivity contribution is 7.86. The van der Waals surface area contributed by atoms with E-state index in [1.54, 1.807) is 0 Å². The molecule has 0 atom stereocenters. The first-order chi connectivity index (χ1) is 7.62. The molecule has 0 aromatic heterocycles. The van der Waals surface area contributed by atoms with Gasteiger partial charge in [-0.1, -0.05) is 58.3 Å². The fraction of sp³-hybridized carbons (Fsp3) is 1.00. The summed E-state index contributed by atoms with van der Waals surface area (Å²) in [7, 11) is -2.00. The molecular weight excluding hydrogens is 224 g/mol. The summed E-state index contributed by atoms with van der Waals surface area (Å²) < 4.78 is 26.4. The fourth-order valence-electron chi connectivity index (χ4n) is 1.67. The number of rotatable bonds is 11. The first-order valence-electron chi connectivity index (χ1n) is 6.40. The SMILES string of the molecule is CCCCCCCCCCCS(=O)(=O)OC. The summed E-state index contributed by atoms with van der Waals surface area (Å²) in [5.41, 5.74) is 0. The van der Waals surface area contributed by atoms with Crippen LogP contribution in [0.4, 0.5) is 0 Å². The van der Waals surface area contributed by atoms with Crippen molar-refractivity contribution in [3.8, 4) is 0 Å². The molecule has 0 aliphatic heterocycles. The molecule has 0 aromatic rings. The molecule has 0 rings (SSSR count). The molecule has 98 valence electrons. The van der Waals surface area contributed by atoms with Gasteiger partial charge in [-0.05, 0) is 6.42 Å². The largest absolute Gasteiger partial charge is 0.273 e. The highest BCUT2D eigenvalue weighted by Gasteiger charge is 2.06. The molecule has 3 nitrogen and oxygen atoms in total. The van der Waals surface area contributed by atoms with Crippen LogP contribution < -0.4 is 0 Å². The topological polar surface area (TPSA) is 43.4 Å². The third-order valence-electron chi connectivity index (χ3n) is 2.75. The van der Waals surface area contributed by atoms with Crippen molar-refractivity contribution in [2.75, 3.05) is 12.9 Å². The van der Waals surface area contributed by atoms with Gasteiger partial charge in [0.05, 0.1) is 12.9 Å². The Balaban J connectivity index is 3.16. The first kappa shape index (κ1) is 15.9. The molecular formula is C12H26O3S. The minimum atomic E-state index is -3.22. The zero-order valence-electron chi connectivity index (χ0n) is 10.7. The molecule has 0 spiro atoms. The zero-order chi connectivity index (χ0) is 12.3. The van der Waals surface area contributed by atoms with E-state index in [2.05, 4.69) is 11.1 Å². The zero-order valence-corrected chi connectivity index (χ0v) is 11.5. The van der Waals surface area contributed by atoms with Gasteiger partial charge >= 0.3 is 0 Å². The van der Waals surface area contributed by atoms with Gasteiger partial charge in [0.25, 0.3) is 10.1 Å². The summed E-state index contributed by atoms with van der Waals surface area (Å²) in [4.78, 5) is 0. The number of unbranched alkanes of at least 4 members (excludes halogenated alkanes) is 8. The Morgan fingerprint density at radius 3 is 1.69 bits per heavy atom. The van der Waals surface area contributed by atoms with Crippen LogP contribution in [0.2, 0.25) is 0 Å². The lowest BCUT2D eigenvalue weighted by atomic mass is 10.1. The predicted molar refractivity (Wildman–Crippen MR) is 68.0 cm³/mol. The average Bonchev–Trinajstić information content (AvgIpc) is 2.27. The second-order valence-electron chi connectivity index (χ2n) is 4.26. The van der Waals surface area contributed by atoms with E-state index in [0.717, 1.165) is 19.3 Å². The van der Waals surface area contributed by atoms with Crippen LogP contribution in [0.15, 0.2) is 0 Å². The lowest BCUT2D eigenvalue weighted by Crippen LogP contribution is -2.07. The molecule has 0 saturated carbocycles. The van der Waals surface area contributed by atoms with Gasteiger partial charge < -0.3 is 0 Å². The van der Waals surface area contributed by atoms with Gasteiger partial charge in [0.15, 0.2) is 0 Å². The first-order valence-corrected chi connectivity index (χ1v) is 7.98. The minimum Gasteiger partial charge on any atom is -0.273 e. The number of hydrogen-bond acceptors (Lipinski definition) is 3. The van der Waals surface area contributed by atoms with E-state index >= 15 is 0 Å². The Labute approximate surface area is 101 Å². The molecule has 0 saturated heterocycles. The highest BCUT2D eigenvalue weighted by atomic mass is 32.2. The molecule has 0 heterocycles. The molecule has 0 aliphatic carbocycles. The standard InChI is InChI=1S/C12H26O3S/c1-3-4-5-6-7-8-9-10-11-12-16(13,14)15-2/h3-12H2,1-2H3. The van der Waals surface area contributed by atoms with Crippen LogP contribution in [0.1, 0.15) is 64.7 Å². The Kier molecular flexibility index (Phi) is 10.0. The van der Waals surface area contributed by atoms with Crippen molar-refractivity contribution in [3.63, 3.8) is 0 Å². The van der Waals surface area contributed by atoms with E-state index in [4.69, 9.17) is 0 Å². The second-order valence-corrected chi connectivity index (χ2v) is 6.11. The van der Waals surface area contributed by atoms with Gasteiger partial charge in [0.2, 0.25) is 0 Å². The Morgan fingerprint density at radius 2 is 1.25 bits per heavy atom. The normalized spacial score (nSPS) is 11.9.